The van der Waals surface area contributed by atoms with Crippen molar-refractivity contribution in [1.29, 1.82) is 0 Å². The van der Waals surface area contributed by atoms with Crippen molar-refractivity contribution >= 4 is 34.4 Å². The average Bonchev–Trinajstić information content (AvgIpc) is 3.19. The molecular weight excluding hydrogens is 429 g/mol. The lowest BCUT2D eigenvalue weighted by Crippen LogP contribution is -2.42. The van der Waals surface area contributed by atoms with E-state index in [1.54, 1.807) is 13.1 Å². The standard InChI is InChI=1S/C23H23ClFN7/c1-14-22(24)21(17(25)12-28-14)16-2-3-18-19(11-16)30-23(29-18)31-20-10-15(4-5-27-20)13-32-8-6-26-7-9-32/h2-5,10-12,26H,6-9,13H2,1H3,(H2,27,29,30,31). The SMILES string of the molecule is Cc1ncc(F)c(-c2ccc3nc(Nc4cc(CN5CCNCC5)ccn4)[nH]c3c2)c1Cl. The summed E-state index contributed by atoms with van der Waals surface area (Å²) in [7, 11) is 0. The van der Waals surface area contributed by atoms with Crippen molar-refractivity contribution < 1.29 is 4.39 Å². The Kier molecular flexibility index (Phi) is 5.73. The Labute approximate surface area is 190 Å². The van der Waals surface area contributed by atoms with Gasteiger partial charge in [0, 0.05) is 44.5 Å². The van der Waals surface area contributed by atoms with Crippen LogP contribution in [0.5, 0.6) is 0 Å². The zero-order chi connectivity index (χ0) is 22.1. The predicted molar refractivity (Wildman–Crippen MR) is 125 cm³/mol. The van der Waals surface area contributed by atoms with E-state index in [0.717, 1.165) is 49.6 Å². The summed E-state index contributed by atoms with van der Waals surface area (Å²) in [6.45, 7) is 6.76. The number of anilines is 2. The molecule has 0 saturated carbocycles. The maximum Gasteiger partial charge on any atom is 0.206 e. The molecule has 164 valence electrons. The fourth-order valence-corrected chi connectivity index (χ4v) is 4.19. The van der Waals surface area contributed by atoms with Crippen LogP contribution in [0.25, 0.3) is 22.2 Å². The van der Waals surface area contributed by atoms with E-state index in [0.29, 0.717) is 27.8 Å². The third-order valence-electron chi connectivity index (χ3n) is 5.60. The maximum absolute atomic E-state index is 14.4. The first-order valence-electron chi connectivity index (χ1n) is 10.5. The highest BCUT2D eigenvalue weighted by molar-refractivity contribution is 6.34. The van der Waals surface area contributed by atoms with Crippen molar-refractivity contribution in [2.24, 2.45) is 0 Å². The van der Waals surface area contributed by atoms with Crippen LogP contribution in [0.3, 0.4) is 0 Å². The van der Waals surface area contributed by atoms with Crippen LogP contribution in [0.15, 0.2) is 42.7 Å². The lowest BCUT2D eigenvalue weighted by molar-refractivity contribution is 0.233. The topological polar surface area (TPSA) is 81.8 Å². The quantitative estimate of drug-likeness (QED) is 0.420. The summed E-state index contributed by atoms with van der Waals surface area (Å²) >= 11 is 6.33. The Morgan fingerprint density at radius 1 is 1.16 bits per heavy atom. The summed E-state index contributed by atoms with van der Waals surface area (Å²) in [4.78, 5) is 18.6. The molecule has 3 N–H and O–H groups in total. The number of pyridine rings is 2. The summed E-state index contributed by atoms with van der Waals surface area (Å²) in [5.41, 5.74) is 4.31. The lowest BCUT2D eigenvalue weighted by Gasteiger charge is -2.27. The number of rotatable bonds is 5. The van der Waals surface area contributed by atoms with E-state index in [1.807, 2.05) is 30.3 Å². The first-order chi connectivity index (χ1) is 15.6. The van der Waals surface area contributed by atoms with Crippen molar-refractivity contribution in [2.75, 3.05) is 31.5 Å². The molecule has 7 nitrogen and oxygen atoms in total. The fourth-order valence-electron chi connectivity index (χ4n) is 3.94. The highest BCUT2D eigenvalue weighted by atomic mass is 35.5. The molecule has 0 spiro atoms. The number of hydrogen-bond donors (Lipinski definition) is 3. The molecule has 0 bridgehead atoms. The summed E-state index contributed by atoms with van der Waals surface area (Å²) < 4.78 is 14.4. The predicted octanol–water partition coefficient (Wildman–Crippen LogP) is 4.27. The van der Waals surface area contributed by atoms with E-state index in [2.05, 4.69) is 35.5 Å². The van der Waals surface area contributed by atoms with Crippen LogP contribution >= 0.6 is 11.6 Å². The van der Waals surface area contributed by atoms with Crippen LogP contribution in [0.2, 0.25) is 5.02 Å². The molecular formula is C23H23ClFN7. The minimum atomic E-state index is -0.455. The van der Waals surface area contributed by atoms with Crippen LogP contribution in [-0.4, -0.2) is 51.0 Å². The molecule has 32 heavy (non-hydrogen) atoms. The highest BCUT2D eigenvalue weighted by Crippen LogP contribution is 2.33. The number of piperazine rings is 1. The number of halogens is 2. The Hall–Kier alpha value is -3.07. The van der Waals surface area contributed by atoms with Gasteiger partial charge in [0.2, 0.25) is 5.95 Å². The molecule has 5 rings (SSSR count). The van der Waals surface area contributed by atoms with Gasteiger partial charge in [-0.2, -0.15) is 0 Å². The van der Waals surface area contributed by atoms with Gasteiger partial charge in [0.25, 0.3) is 0 Å². The van der Waals surface area contributed by atoms with Crippen LogP contribution in [0.4, 0.5) is 16.2 Å². The number of imidazole rings is 1. The molecule has 1 saturated heterocycles. The molecule has 1 aliphatic heterocycles. The van der Waals surface area contributed by atoms with Gasteiger partial charge in [0.05, 0.1) is 27.9 Å². The number of nitrogens with zero attached hydrogens (tertiary/aromatic N) is 4. The highest BCUT2D eigenvalue weighted by Gasteiger charge is 2.15. The van der Waals surface area contributed by atoms with Crippen LogP contribution in [0.1, 0.15) is 11.3 Å². The molecule has 1 aromatic carbocycles. The van der Waals surface area contributed by atoms with Gasteiger partial charge in [0.15, 0.2) is 5.82 Å². The smallest absolute Gasteiger partial charge is 0.206 e. The minimum Gasteiger partial charge on any atom is -0.324 e. The van der Waals surface area contributed by atoms with Gasteiger partial charge in [-0.3, -0.25) is 9.88 Å². The average molecular weight is 452 g/mol. The third kappa shape index (κ3) is 4.29. The van der Waals surface area contributed by atoms with E-state index in [-0.39, 0.29) is 0 Å². The Morgan fingerprint density at radius 2 is 2.00 bits per heavy atom. The van der Waals surface area contributed by atoms with E-state index in [4.69, 9.17) is 11.6 Å². The Bertz CT molecular complexity index is 1270. The number of aromatic amines is 1. The van der Waals surface area contributed by atoms with E-state index in [1.165, 1.54) is 11.8 Å². The fraction of sp³-hybridized carbons (Fsp3) is 0.261. The van der Waals surface area contributed by atoms with Gasteiger partial charge in [-0.1, -0.05) is 17.7 Å². The van der Waals surface area contributed by atoms with Gasteiger partial charge < -0.3 is 15.6 Å². The van der Waals surface area contributed by atoms with Crippen LogP contribution < -0.4 is 10.6 Å². The summed E-state index contributed by atoms with van der Waals surface area (Å²) in [6.07, 6.45) is 3.00. The number of aryl methyl sites for hydroxylation is 1. The van der Waals surface area contributed by atoms with Gasteiger partial charge in [-0.15, -0.1) is 0 Å². The zero-order valence-corrected chi connectivity index (χ0v) is 18.4. The first-order valence-corrected chi connectivity index (χ1v) is 10.9. The zero-order valence-electron chi connectivity index (χ0n) is 17.6. The van der Waals surface area contributed by atoms with Crippen LogP contribution in [-0.2, 0) is 6.54 Å². The molecule has 0 radical (unpaired) electrons. The van der Waals surface area contributed by atoms with Crippen molar-refractivity contribution in [1.82, 2.24) is 30.2 Å². The largest absolute Gasteiger partial charge is 0.324 e. The van der Waals surface area contributed by atoms with Crippen molar-refractivity contribution in [2.45, 2.75) is 13.5 Å². The van der Waals surface area contributed by atoms with E-state index in [9.17, 15) is 4.39 Å². The molecule has 3 aromatic heterocycles. The van der Waals surface area contributed by atoms with Gasteiger partial charge >= 0.3 is 0 Å². The van der Waals surface area contributed by atoms with Gasteiger partial charge in [0.1, 0.15) is 5.82 Å². The molecule has 4 aromatic rings. The molecule has 0 unspecified atom stereocenters. The monoisotopic (exact) mass is 451 g/mol. The summed E-state index contributed by atoms with van der Waals surface area (Å²) in [6, 6.07) is 9.56. The Balaban J connectivity index is 1.38. The number of fused-ring (bicyclic) bond motifs is 1. The normalized spacial score (nSPS) is 14.7. The Morgan fingerprint density at radius 3 is 2.84 bits per heavy atom. The summed E-state index contributed by atoms with van der Waals surface area (Å²) in [5, 5.41) is 6.93. The van der Waals surface area contributed by atoms with Gasteiger partial charge in [-0.25, -0.2) is 14.4 Å². The molecule has 0 atom stereocenters. The number of hydrogen-bond acceptors (Lipinski definition) is 6. The van der Waals surface area contributed by atoms with E-state index < -0.39 is 5.82 Å². The molecule has 1 fully saturated rings. The lowest BCUT2D eigenvalue weighted by atomic mass is 10.0. The van der Waals surface area contributed by atoms with E-state index >= 15 is 0 Å². The molecule has 1 aliphatic rings. The van der Waals surface area contributed by atoms with Crippen LogP contribution in [0, 0.1) is 12.7 Å². The first kappa shape index (κ1) is 20.8. The number of H-pyrrole nitrogens is 1. The van der Waals surface area contributed by atoms with Crippen molar-refractivity contribution in [3.63, 3.8) is 0 Å². The number of nitrogens with one attached hydrogen (secondary N) is 3. The van der Waals surface area contributed by atoms with Gasteiger partial charge in [-0.05, 0) is 42.3 Å². The number of aromatic nitrogens is 4. The second-order valence-corrected chi connectivity index (χ2v) is 8.28. The minimum absolute atomic E-state index is 0.313. The number of benzene rings is 1. The molecule has 4 heterocycles. The molecule has 0 amide bonds. The molecule has 9 heteroatoms. The summed E-state index contributed by atoms with van der Waals surface area (Å²) in [5.74, 6) is 0.834. The third-order valence-corrected chi connectivity index (χ3v) is 6.07. The maximum atomic E-state index is 14.4. The second-order valence-electron chi connectivity index (χ2n) is 7.90. The van der Waals surface area contributed by atoms with Crippen molar-refractivity contribution in [3.8, 4) is 11.1 Å². The molecule has 0 aliphatic carbocycles. The second kappa shape index (κ2) is 8.82. The van der Waals surface area contributed by atoms with Crippen molar-refractivity contribution in [3.05, 3.63) is 64.8 Å².